The van der Waals surface area contributed by atoms with E-state index in [0.717, 1.165) is 10.8 Å². The molecule has 1 unspecified atom stereocenters. The minimum absolute atomic E-state index is 0.0479. The number of nitrogens with one attached hydrogen (secondary N) is 3. The summed E-state index contributed by atoms with van der Waals surface area (Å²) in [7, 11) is 1.83. The minimum Gasteiger partial charge on any atom is -0.365 e. The van der Waals surface area contributed by atoms with E-state index in [1.165, 1.54) is 0 Å². The number of anilines is 1. The van der Waals surface area contributed by atoms with E-state index >= 15 is 0 Å². The molecule has 1 aliphatic heterocycles. The molecule has 0 aromatic carbocycles. The second kappa shape index (κ2) is 5.81. The molecule has 0 aliphatic carbocycles. The topological polar surface area (TPSA) is 83.1 Å². The fourth-order valence-electron chi connectivity index (χ4n) is 1.78. The third-order valence-corrected chi connectivity index (χ3v) is 3.67. The van der Waals surface area contributed by atoms with Crippen molar-refractivity contribution in [2.75, 3.05) is 18.9 Å². The van der Waals surface area contributed by atoms with Crippen molar-refractivity contribution in [3.63, 3.8) is 0 Å². The van der Waals surface area contributed by atoms with Crippen LogP contribution in [0.5, 0.6) is 0 Å². The first-order valence-electron chi connectivity index (χ1n) is 5.88. The molecule has 1 saturated heterocycles. The number of thiazole rings is 1. The lowest BCUT2D eigenvalue weighted by Gasteiger charge is -2.09. The van der Waals surface area contributed by atoms with Gasteiger partial charge in [-0.1, -0.05) is 0 Å². The molecule has 1 aliphatic rings. The number of carbonyl (C=O) groups is 2. The SMILES string of the molecule is CNc1nc(CCNC(=O)C2CCC(=O)N2)cs1. The van der Waals surface area contributed by atoms with Crippen LogP contribution in [0.1, 0.15) is 18.5 Å². The molecule has 1 aromatic rings. The van der Waals surface area contributed by atoms with E-state index in [-0.39, 0.29) is 17.9 Å². The average molecular weight is 268 g/mol. The first-order valence-corrected chi connectivity index (χ1v) is 6.76. The van der Waals surface area contributed by atoms with Crippen LogP contribution in [0, 0.1) is 0 Å². The normalized spacial score (nSPS) is 18.5. The summed E-state index contributed by atoms with van der Waals surface area (Å²) < 4.78 is 0. The van der Waals surface area contributed by atoms with Crippen molar-refractivity contribution in [1.29, 1.82) is 0 Å². The van der Waals surface area contributed by atoms with Gasteiger partial charge in [-0.05, 0) is 6.42 Å². The summed E-state index contributed by atoms with van der Waals surface area (Å²) in [4.78, 5) is 27.0. The predicted molar refractivity (Wildman–Crippen MR) is 69.5 cm³/mol. The van der Waals surface area contributed by atoms with Crippen molar-refractivity contribution in [1.82, 2.24) is 15.6 Å². The van der Waals surface area contributed by atoms with Crippen molar-refractivity contribution in [3.8, 4) is 0 Å². The van der Waals surface area contributed by atoms with Gasteiger partial charge in [0, 0.05) is 31.8 Å². The van der Waals surface area contributed by atoms with Gasteiger partial charge in [-0.15, -0.1) is 11.3 Å². The highest BCUT2D eigenvalue weighted by atomic mass is 32.1. The number of amides is 2. The average Bonchev–Trinajstić information content (AvgIpc) is 2.98. The maximum atomic E-state index is 11.7. The molecule has 2 amide bonds. The van der Waals surface area contributed by atoms with E-state index in [2.05, 4.69) is 20.9 Å². The number of nitrogens with zero attached hydrogens (tertiary/aromatic N) is 1. The van der Waals surface area contributed by atoms with E-state index in [9.17, 15) is 9.59 Å². The Labute approximate surface area is 109 Å². The zero-order valence-electron chi connectivity index (χ0n) is 10.2. The standard InChI is InChI=1S/C11H16N4O2S/c1-12-11-14-7(6-18-11)4-5-13-10(17)8-2-3-9(16)15-8/h6,8H,2-5H2,1H3,(H,12,14)(H,13,17)(H,15,16). The van der Waals surface area contributed by atoms with Crippen molar-refractivity contribution in [3.05, 3.63) is 11.1 Å². The Morgan fingerprint density at radius 3 is 3.11 bits per heavy atom. The van der Waals surface area contributed by atoms with Crippen LogP contribution in [0.25, 0.3) is 0 Å². The number of hydrogen-bond donors (Lipinski definition) is 3. The molecule has 2 rings (SSSR count). The highest BCUT2D eigenvalue weighted by molar-refractivity contribution is 7.13. The fourth-order valence-corrected chi connectivity index (χ4v) is 2.49. The zero-order valence-corrected chi connectivity index (χ0v) is 11.0. The largest absolute Gasteiger partial charge is 0.365 e. The molecule has 6 nitrogen and oxygen atoms in total. The fraction of sp³-hybridized carbons (Fsp3) is 0.545. The van der Waals surface area contributed by atoms with Gasteiger partial charge in [0.2, 0.25) is 11.8 Å². The Morgan fingerprint density at radius 1 is 1.67 bits per heavy atom. The number of hydrogen-bond acceptors (Lipinski definition) is 5. The van der Waals surface area contributed by atoms with Gasteiger partial charge in [0.1, 0.15) is 6.04 Å². The Hall–Kier alpha value is -1.63. The van der Waals surface area contributed by atoms with Crippen molar-refractivity contribution < 1.29 is 9.59 Å². The summed E-state index contributed by atoms with van der Waals surface area (Å²) >= 11 is 1.54. The Kier molecular flexibility index (Phi) is 4.14. The third kappa shape index (κ3) is 3.19. The molecule has 1 atom stereocenters. The molecule has 0 spiro atoms. The first-order chi connectivity index (χ1) is 8.69. The van der Waals surface area contributed by atoms with E-state index in [1.54, 1.807) is 11.3 Å². The van der Waals surface area contributed by atoms with Gasteiger partial charge in [0.05, 0.1) is 5.69 Å². The smallest absolute Gasteiger partial charge is 0.242 e. The molecule has 18 heavy (non-hydrogen) atoms. The molecule has 7 heteroatoms. The van der Waals surface area contributed by atoms with E-state index in [1.807, 2.05) is 12.4 Å². The molecular formula is C11H16N4O2S. The number of rotatable bonds is 5. The third-order valence-electron chi connectivity index (χ3n) is 2.76. The van der Waals surface area contributed by atoms with Gasteiger partial charge in [-0.25, -0.2) is 4.98 Å². The predicted octanol–water partition coefficient (Wildman–Crippen LogP) is 0.122. The Morgan fingerprint density at radius 2 is 2.50 bits per heavy atom. The van der Waals surface area contributed by atoms with Crippen LogP contribution in [0.4, 0.5) is 5.13 Å². The van der Waals surface area contributed by atoms with Crippen LogP contribution >= 0.6 is 11.3 Å². The maximum absolute atomic E-state index is 11.7. The molecule has 0 bridgehead atoms. The molecule has 3 N–H and O–H groups in total. The van der Waals surface area contributed by atoms with Crippen molar-refractivity contribution >= 4 is 28.3 Å². The summed E-state index contributed by atoms with van der Waals surface area (Å²) in [5, 5.41) is 11.3. The van der Waals surface area contributed by atoms with Crippen LogP contribution in [-0.2, 0) is 16.0 Å². The summed E-state index contributed by atoms with van der Waals surface area (Å²) in [5.74, 6) is -0.154. The molecule has 0 radical (unpaired) electrons. The first kappa shape index (κ1) is 12.8. The Balaban J connectivity index is 1.71. The van der Waals surface area contributed by atoms with Crippen molar-refractivity contribution in [2.45, 2.75) is 25.3 Å². The van der Waals surface area contributed by atoms with Crippen LogP contribution in [0.3, 0.4) is 0 Å². The van der Waals surface area contributed by atoms with Gasteiger partial charge in [0.25, 0.3) is 0 Å². The summed E-state index contributed by atoms with van der Waals surface area (Å²) in [6.45, 7) is 0.540. The lowest BCUT2D eigenvalue weighted by Crippen LogP contribution is -2.42. The molecule has 98 valence electrons. The molecule has 1 fully saturated rings. The molecule has 2 heterocycles. The van der Waals surface area contributed by atoms with Crippen molar-refractivity contribution in [2.24, 2.45) is 0 Å². The van der Waals surface area contributed by atoms with Gasteiger partial charge in [-0.2, -0.15) is 0 Å². The second-order valence-electron chi connectivity index (χ2n) is 4.09. The Bertz CT molecular complexity index is 446. The second-order valence-corrected chi connectivity index (χ2v) is 4.95. The zero-order chi connectivity index (χ0) is 13.0. The van der Waals surface area contributed by atoms with E-state index < -0.39 is 0 Å². The summed E-state index contributed by atoms with van der Waals surface area (Å²) in [5.41, 5.74) is 0.958. The highest BCUT2D eigenvalue weighted by Crippen LogP contribution is 2.14. The number of aromatic nitrogens is 1. The van der Waals surface area contributed by atoms with Crippen LogP contribution in [0.15, 0.2) is 5.38 Å². The van der Waals surface area contributed by atoms with Gasteiger partial charge < -0.3 is 16.0 Å². The lowest BCUT2D eigenvalue weighted by molar-refractivity contribution is -0.125. The molecule has 0 saturated carbocycles. The highest BCUT2D eigenvalue weighted by Gasteiger charge is 2.26. The van der Waals surface area contributed by atoms with Gasteiger partial charge >= 0.3 is 0 Å². The summed E-state index contributed by atoms with van der Waals surface area (Å²) in [6.07, 6.45) is 1.73. The molecular weight excluding hydrogens is 252 g/mol. The lowest BCUT2D eigenvalue weighted by atomic mass is 10.2. The van der Waals surface area contributed by atoms with E-state index in [0.29, 0.717) is 25.8 Å². The minimum atomic E-state index is -0.360. The van der Waals surface area contributed by atoms with Crippen LogP contribution < -0.4 is 16.0 Å². The van der Waals surface area contributed by atoms with Gasteiger partial charge in [0.15, 0.2) is 5.13 Å². The van der Waals surface area contributed by atoms with Crippen LogP contribution in [-0.4, -0.2) is 36.4 Å². The number of carbonyl (C=O) groups excluding carboxylic acids is 2. The quantitative estimate of drug-likeness (QED) is 0.708. The maximum Gasteiger partial charge on any atom is 0.242 e. The monoisotopic (exact) mass is 268 g/mol. The molecule has 1 aromatic heterocycles. The van der Waals surface area contributed by atoms with E-state index in [4.69, 9.17) is 0 Å². The van der Waals surface area contributed by atoms with Gasteiger partial charge in [-0.3, -0.25) is 9.59 Å². The summed E-state index contributed by atoms with van der Waals surface area (Å²) in [6, 6.07) is -0.360. The van der Waals surface area contributed by atoms with Crippen LogP contribution in [0.2, 0.25) is 0 Å².